The summed E-state index contributed by atoms with van der Waals surface area (Å²) >= 11 is 0. The van der Waals surface area contributed by atoms with Gasteiger partial charge in [-0.1, -0.05) is 31.2 Å². The molecule has 0 spiro atoms. The van der Waals surface area contributed by atoms with Crippen LogP contribution in [0.3, 0.4) is 0 Å². The molecule has 21 heavy (non-hydrogen) atoms. The quantitative estimate of drug-likeness (QED) is 0.860. The van der Waals surface area contributed by atoms with Crippen LogP contribution in [0.2, 0.25) is 0 Å². The Morgan fingerprint density at radius 2 is 1.90 bits per heavy atom. The Morgan fingerprint density at radius 3 is 2.57 bits per heavy atom. The second kappa shape index (κ2) is 7.23. The van der Waals surface area contributed by atoms with E-state index >= 15 is 0 Å². The minimum Gasteiger partial charge on any atom is -0.326 e. The van der Waals surface area contributed by atoms with Crippen LogP contribution in [0.5, 0.6) is 0 Å². The van der Waals surface area contributed by atoms with E-state index in [4.69, 9.17) is 0 Å². The van der Waals surface area contributed by atoms with Gasteiger partial charge in [0, 0.05) is 30.0 Å². The highest BCUT2D eigenvalue weighted by Gasteiger charge is 2.17. The average molecular weight is 283 g/mol. The van der Waals surface area contributed by atoms with Gasteiger partial charge in [-0.15, -0.1) is 0 Å². The van der Waals surface area contributed by atoms with E-state index in [1.807, 2.05) is 12.3 Å². The molecule has 1 aromatic carbocycles. The van der Waals surface area contributed by atoms with Gasteiger partial charge in [-0.3, -0.25) is 0 Å². The lowest BCUT2D eigenvalue weighted by atomic mass is 10.1. The number of hydrogen-bond donors (Lipinski definition) is 1. The molecule has 0 aliphatic carbocycles. The fourth-order valence-corrected chi connectivity index (χ4v) is 2.69. The van der Waals surface area contributed by atoms with Crippen LogP contribution in [0.25, 0.3) is 0 Å². The zero-order chi connectivity index (χ0) is 15.2. The van der Waals surface area contributed by atoms with Gasteiger partial charge in [-0.25, -0.2) is 4.98 Å². The molecule has 0 amide bonds. The van der Waals surface area contributed by atoms with Gasteiger partial charge in [0.15, 0.2) is 0 Å². The Labute approximate surface area is 128 Å². The molecule has 2 rings (SSSR count). The normalized spacial score (nSPS) is 12.2. The van der Waals surface area contributed by atoms with E-state index in [1.165, 1.54) is 16.8 Å². The largest absolute Gasteiger partial charge is 0.326 e. The predicted molar refractivity (Wildman–Crippen MR) is 90.2 cm³/mol. The number of nitrogens with one attached hydrogen (secondary N) is 1. The zero-order valence-electron chi connectivity index (χ0n) is 13.4. The molecule has 0 aliphatic heterocycles. The molecule has 0 radical (unpaired) electrons. The van der Waals surface area contributed by atoms with Gasteiger partial charge in [-0.05, 0) is 45.0 Å². The van der Waals surface area contributed by atoms with Crippen LogP contribution in [0.15, 0.2) is 42.6 Å². The van der Waals surface area contributed by atoms with Crippen molar-refractivity contribution in [3.05, 3.63) is 53.7 Å². The van der Waals surface area contributed by atoms with Gasteiger partial charge < -0.3 is 10.2 Å². The van der Waals surface area contributed by atoms with Gasteiger partial charge >= 0.3 is 0 Å². The first-order valence-electron chi connectivity index (χ1n) is 7.70. The standard InChI is InChI=1S/C18H25N3/c1-5-19-15(4)16-11-9-13-20-18(16)21(6-2)17-12-8-7-10-14(17)3/h7-13,15,19H,5-6H2,1-4H3. The third-order valence-corrected chi connectivity index (χ3v) is 3.77. The lowest BCUT2D eigenvalue weighted by Gasteiger charge is -2.28. The molecule has 1 heterocycles. The highest BCUT2D eigenvalue weighted by Crippen LogP contribution is 2.31. The maximum Gasteiger partial charge on any atom is 0.137 e. The predicted octanol–water partition coefficient (Wildman–Crippen LogP) is 4.22. The van der Waals surface area contributed by atoms with Crippen LogP contribution >= 0.6 is 0 Å². The lowest BCUT2D eigenvalue weighted by Crippen LogP contribution is -2.24. The summed E-state index contributed by atoms with van der Waals surface area (Å²) in [4.78, 5) is 6.95. The number of hydrogen-bond acceptors (Lipinski definition) is 3. The molecule has 3 nitrogen and oxygen atoms in total. The van der Waals surface area contributed by atoms with Crippen molar-refractivity contribution < 1.29 is 0 Å². The van der Waals surface area contributed by atoms with Gasteiger partial charge in [0.1, 0.15) is 5.82 Å². The summed E-state index contributed by atoms with van der Waals surface area (Å²) in [5, 5.41) is 3.48. The fraction of sp³-hybridized carbons (Fsp3) is 0.389. The number of para-hydroxylation sites is 1. The molecule has 0 bridgehead atoms. The second-order valence-electron chi connectivity index (χ2n) is 5.23. The van der Waals surface area contributed by atoms with E-state index < -0.39 is 0 Å². The fourth-order valence-electron chi connectivity index (χ4n) is 2.69. The monoisotopic (exact) mass is 283 g/mol. The van der Waals surface area contributed by atoms with Crippen molar-refractivity contribution in [1.82, 2.24) is 10.3 Å². The smallest absolute Gasteiger partial charge is 0.137 e. The van der Waals surface area contributed by atoms with E-state index in [2.05, 4.69) is 73.2 Å². The third kappa shape index (κ3) is 3.42. The summed E-state index contributed by atoms with van der Waals surface area (Å²) in [5.41, 5.74) is 3.74. The molecule has 1 aromatic heterocycles. The Morgan fingerprint density at radius 1 is 1.14 bits per heavy atom. The average Bonchev–Trinajstić information content (AvgIpc) is 2.50. The first-order valence-corrected chi connectivity index (χ1v) is 7.70. The highest BCUT2D eigenvalue weighted by atomic mass is 15.2. The van der Waals surface area contributed by atoms with E-state index in [0.29, 0.717) is 0 Å². The summed E-state index contributed by atoms with van der Waals surface area (Å²) in [6.07, 6.45) is 1.87. The van der Waals surface area contributed by atoms with Gasteiger partial charge in [0.25, 0.3) is 0 Å². The second-order valence-corrected chi connectivity index (χ2v) is 5.23. The number of aromatic nitrogens is 1. The minimum absolute atomic E-state index is 0.289. The number of pyridine rings is 1. The summed E-state index contributed by atoms with van der Waals surface area (Å²) in [7, 11) is 0. The van der Waals surface area contributed by atoms with Crippen LogP contribution in [0.1, 0.15) is 37.9 Å². The van der Waals surface area contributed by atoms with Crippen molar-refractivity contribution >= 4 is 11.5 Å². The summed E-state index contributed by atoms with van der Waals surface area (Å²) in [5.74, 6) is 1.04. The number of aryl methyl sites for hydroxylation is 1. The minimum atomic E-state index is 0.289. The first-order chi connectivity index (χ1) is 10.2. The number of nitrogens with zero attached hydrogens (tertiary/aromatic N) is 2. The van der Waals surface area contributed by atoms with Crippen LogP contribution in [-0.2, 0) is 0 Å². The van der Waals surface area contributed by atoms with Crippen molar-refractivity contribution in [3.8, 4) is 0 Å². The first kappa shape index (κ1) is 15.5. The van der Waals surface area contributed by atoms with Crippen LogP contribution in [-0.4, -0.2) is 18.1 Å². The van der Waals surface area contributed by atoms with Gasteiger partial charge in [0.2, 0.25) is 0 Å². The number of benzene rings is 1. The molecule has 1 N–H and O–H groups in total. The van der Waals surface area contributed by atoms with Crippen molar-refractivity contribution in [2.75, 3.05) is 18.0 Å². The molecule has 1 unspecified atom stereocenters. The SMILES string of the molecule is CCNC(C)c1cccnc1N(CC)c1ccccc1C. The van der Waals surface area contributed by atoms with Crippen molar-refractivity contribution in [3.63, 3.8) is 0 Å². The molecule has 2 aromatic rings. The van der Waals surface area contributed by atoms with Gasteiger partial charge in [-0.2, -0.15) is 0 Å². The molecular formula is C18H25N3. The molecular weight excluding hydrogens is 258 g/mol. The topological polar surface area (TPSA) is 28.2 Å². The Hall–Kier alpha value is -1.87. The van der Waals surface area contributed by atoms with Gasteiger partial charge in [0.05, 0.1) is 0 Å². The zero-order valence-corrected chi connectivity index (χ0v) is 13.4. The van der Waals surface area contributed by atoms with Crippen molar-refractivity contribution in [1.29, 1.82) is 0 Å². The molecule has 0 fully saturated rings. The van der Waals surface area contributed by atoms with Crippen LogP contribution in [0, 0.1) is 6.92 Å². The molecule has 112 valence electrons. The van der Waals surface area contributed by atoms with E-state index in [1.54, 1.807) is 0 Å². The molecule has 0 saturated carbocycles. The maximum atomic E-state index is 4.66. The van der Waals surface area contributed by atoms with Crippen molar-refractivity contribution in [2.24, 2.45) is 0 Å². The number of anilines is 2. The lowest BCUT2D eigenvalue weighted by molar-refractivity contribution is 0.595. The molecule has 0 aliphatic rings. The number of rotatable bonds is 6. The molecule has 0 saturated heterocycles. The summed E-state index contributed by atoms with van der Waals surface area (Å²) < 4.78 is 0. The Kier molecular flexibility index (Phi) is 5.34. The third-order valence-electron chi connectivity index (χ3n) is 3.77. The molecule has 1 atom stereocenters. The van der Waals surface area contributed by atoms with E-state index in [0.717, 1.165) is 18.9 Å². The Balaban J connectivity index is 2.46. The molecule has 3 heteroatoms. The van der Waals surface area contributed by atoms with Crippen molar-refractivity contribution in [2.45, 2.75) is 33.7 Å². The van der Waals surface area contributed by atoms with Crippen LogP contribution in [0.4, 0.5) is 11.5 Å². The summed E-state index contributed by atoms with van der Waals surface area (Å²) in [6.45, 7) is 10.5. The van der Waals surface area contributed by atoms with E-state index in [9.17, 15) is 0 Å². The summed E-state index contributed by atoms with van der Waals surface area (Å²) in [6, 6.07) is 12.9. The highest BCUT2D eigenvalue weighted by molar-refractivity contribution is 5.66. The van der Waals surface area contributed by atoms with Crippen LogP contribution < -0.4 is 10.2 Å². The van der Waals surface area contributed by atoms with E-state index in [-0.39, 0.29) is 6.04 Å². The maximum absolute atomic E-state index is 4.66. The Bertz CT molecular complexity index is 580.